The van der Waals surface area contributed by atoms with Gasteiger partial charge in [0.15, 0.2) is 0 Å². The van der Waals surface area contributed by atoms with Gasteiger partial charge < -0.3 is 14.2 Å². The summed E-state index contributed by atoms with van der Waals surface area (Å²) in [5.41, 5.74) is 0. The molecule has 0 amide bonds. The molecule has 1 fully saturated rings. The van der Waals surface area contributed by atoms with Gasteiger partial charge in [-0.2, -0.15) is 0 Å². The number of ether oxygens (including phenoxy) is 1. The lowest BCUT2D eigenvalue weighted by Gasteiger charge is -2.35. The molecule has 1 rings (SSSR count). The van der Waals surface area contributed by atoms with Gasteiger partial charge in [0.2, 0.25) is 0 Å². The lowest BCUT2D eigenvalue weighted by atomic mass is 9.98. The van der Waals surface area contributed by atoms with Crippen molar-refractivity contribution >= 4 is 15.4 Å². The van der Waals surface area contributed by atoms with Crippen LogP contribution in [0.1, 0.15) is 0 Å². The average molecular weight is 248 g/mol. The molecule has 0 N–H and O–H groups in total. The summed E-state index contributed by atoms with van der Waals surface area (Å²) in [4.78, 5) is 2.21. The van der Waals surface area contributed by atoms with Crippen molar-refractivity contribution in [1.29, 1.82) is 0 Å². The van der Waals surface area contributed by atoms with Gasteiger partial charge in [-0.3, -0.25) is 4.57 Å². The van der Waals surface area contributed by atoms with Crippen molar-refractivity contribution < 1.29 is 13.8 Å². The molecule has 0 aromatic carbocycles. The Morgan fingerprint density at radius 1 is 1.56 bits per heavy atom. The zero-order chi connectivity index (χ0) is 12.3. The zero-order valence-electron chi connectivity index (χ0n) is 10.8. The second kappa shape index (κ2) is 5.65. The van der Waals surface area contributed by atoms with E-state index in [9.17, 15) is 4.57 Å². The van der Waals surface area contributed by atoms with E-state index in [0.717, 1.165) is 13.1 Å². The Balaban J connectivity index is 2.40. The van der Waals surface area contributed by atoms with Crippen molar-refractivity contribution in [2.24, 2.45) is 0 Å². The van der Waals surface area contributed by atoms with E-state index in [-0.39, 0.29) is 12.1 Å². The van der Waals surface area contributed by atoms with E-state index in [1.54, 1.807) is 25.4 Å². The van der Waals surface area contributed by atoms with E-state index in [4.69, 9.17) is 9.26 Å². The molecule has 1 aliphatic rings. The molecule has 94 valence electrons. The second-order valence-electron chi connectivity index (χ2n) is 4.74. The minimum atomic E-state index is -2.64. The Hall–Kier alpha value is 0.135. The highest BCUT2D eigenvalue weighted by atomic mass is 31.2. The van der Waals surface area contributed by atoms with Crippen molar-refractivity contribution in [3.05, 3.63) is 0 Å². The summed E-state index contributed by atoms with van der Waals surface area (Å²) in [6.45, 7) is 3.79. The van der Waals surface area contributed by atoms with Crippen LogP contribution in [-0.2, 0) is 13.8 Å². The number of morpholine rings is 1. The molecular weight excluding hydrogens is 226 g/mol. The molecule has 0 saturated carbocycles. The molecule has 0 radical (unpaired) electrons. The highest BCUT2D eigenvalue weighted by molar-refractivity contribution is 7.55. The molecule has 1 aliphatic heterocycles. The summed E-state index contributed by atoms with van der Waals surface area (Å²) in [5, 5.41) is 0. The first-order valence-corrected chi connectivity index (χ1v) is 7.57. The van der Waals surface area contributed by atoms with Crippen molar-refractivity contribution in [3.8, 4) is 0 Å². The topological polar surface area (TPSA) is 42.0 Å². The SMILES string of the molecule is BC1CN(C)CC(COP(C)(=O)N(C)C)O1. The third-order valence-corrected chi connectivity index (χ3v) is 4.82. The molecule has 0 aromatic heterocycles. The highest BCUT2D eigenvalue weighted by Crippen LogP contribution is 2.44. The van der Waals surface area contributed by atoms with Crippen molar-refractivity contribution in [3.63, 3.8) is 0 Å². The first-order chi connectivity index (χ1) is 7.31. The Bertz CT molecular complexity index is 267. The first kappa shape index (κ1) is 14.2. The van der Waals surface area contributed by atoms with Gasteiger partial charge in [-0.25, -0.2) is 4.67 Å². The summed E-state index contributed by atoms with van der Waals surface area (Å²) in [5.74, 6) is 0. The number of rotatable bonds is 4. The summed E-state index contributed by atoms with van der Waals surface area (Å²) in [6.07, 6.45) is 0.0157. The lowest BCUT2D eigenvalue weighted by Crippen LogP contribution is -2.47. The van der Waals surface area contributed by atoms with Gasteiger partial charge in [-0.1, -0.05) is 0 Å². The predicted molar refractivity (Wildman–Crippen MR) is 67.9 cm³/mol. The van der Waals surface area contributed by atoms with E-state index in [1.807, 2.05) is 7.85 Å². The molecule has 0 bridgehead atoms. The van der Waals surface area contributed by atoms with Crippen LogP contribution in [0.3, 0.4) is 0 Å². The summed E-state index contributed by atoms with van der Waals surface area (Å²) < 4.78 is 24.8. The maximum Gasteiger partial charge on any atom is 0.268 e. The van der Waals surface area contributed by atoms with Gasteiger partial charge >= 0.3 is 0 Å². The minimum Gasteiger partial charge on any atom is -0.379 e. The standard InChI is InChI=1S/C9H22BN2O3P/c1-11(2)16(4,13)14-7-8-5-12(3)6-9(10)15-8/h8-9H,5-7,10H2,1-4H3. The van der Waals surface area contributed by atoms with E-state index in [0.29, 0.717) is 6.61 Å². The Labute approximate surface area is 99.0 Å². The quantitative estimate of drug-likeness (QED) is 0.503. The lowest BCUT2D eigenvalue weighted by molar-refractivity contribution is -0.0600. The van der Waals surface area contributed by atoms with Gasteiger partial charge in [-0.15, -0.1) is 0 Å². The van der Waals surface area contributed by atoms with Crippen LogP contribution in [0.25, 0.3) is 0 Å². The molecule has 0 aromatic rings. The Kier molecular flexibility index (Phi) is 5.01. The maximum absolute atomic E-state index is 12.0. The normalized spacial score (nSPS) is 31.6. The average Bonchev–Trinajstić information content (AvgIpc) is 2.13. The molecule has 3 atom stereocenters. The molecule has 5 nitrogen and oxygen atoms in total. The monoisotopic (exact) mass is 248 g/mol. The molecule has 0 spiro atoms. The van der Waals surface area contributed by atoms with Gasteiger partial charge in [0, 0.05) is 25.8 Å². The number of likely N-dealkylation sites (N-methyl/N-ethyl adjacent to an activating group) is 1. The molecule has 3 unspecified atom stereocenters. The van der Waals surface area contributed by atoms with Crippen LogP contribution in [0.15, 0.2) is 0 Å². The van der Waals surface area contributed by atoms with Crippen LogP contribution in [0.2, 0.25) is 0 Å². The van der Waals surface area contributed by atoms with Crippen LogP contribution in [0.4, 0.5) is 0 Å². The third kappa shape index (κ3) is 4.19. The smallest absolute Gasteiger partial charge is 0.268 e. The van der Waals surface area contributed by atoms with Crippen LogP contribution < -0.4 is 0 Å². The molecule has 1 saturated heterocycles. The van der Waals surface area contributed by atoms with Gasteiger partial charge in [0.25, 0.3) is 7.52 Å². The fourth-order valence-electron chi connectivity index (χ4n) is 1.70. The highest BCUT2D eigenvalue weighted by Gasteiger charge is 2.26. The molecular formula is C9H22BN2O3P. The summed E-state index contributed by atoms with van der Waals surface area (Å²) in [7, 11) is 4.99. The Morgan fingerprint density at radius 2 is 2.19 bits per heavy atom. The zero-order valence-corrected chi connectivity index (χ0v) is 11.7. The number of hydrogen-bond acceptors (Lipinski definition) is 4. The fourth-order valence-corrected chi connectivity index (χ4v) is 2.38. The van der Waals surface area contributed by atoms with E-state index in [2.05, 4.69) is 11.9 Å². The number of hydrogen-bond donors (Lipinski definition) is 0. The van der Waals surface area contributed by atoms with Gasteiger partial charge in [0.1, 0.15) is 7.85 Å². The van der Waals surface area contributed by atoms with Crippen LogP contribution in [-0.4, -0.2) is 77.0 Å². The van der Waals surface area contributed by atoms with Crippen molar-refractivity contribution in [2.75, 3.05) is 47.5 Å². The maximum atomic E-state index is 12.0. The molecule has 0 aliphatic carbocycles. The van der Waals surface area contributed by atoms with Gasteiger partial charge in [0.05, 0.1) is 12.7 Å². The molecule has 16 heavy (non-hydrogen) atoms. The molecule has 1 heterocycles. The van der Waals surface area contributed by atoms with Crippen LogP contribution in [0, 0.1) is 0 Å². The third-order valence-electron chi connectivity index (χ3n) is 2.74. The van der Waals surface area contributed by atoms with E-state index in [1.165, 1.54) is 0 Å². The first-order valence-electron chi connectivity index (χ1n) is 5.55. The number of nitrogens with zero attached hydrogens (tertiary/aromatic N) is 2. The van der Waals surface area contributed by atoms with Gasteiger partial charge in [-0.05, 0) is 21.1 Å². The van der Waals surface area contributed by atoms with Crippen molar-refractivity contribution in [1.82, 2.24) is 9.57 Å². The largest absolute Gasteiger partial charge is 0.379 e. The predicted octanol–water partition coefficient (Wildman–Crippen LogP) is -0.323. The van der Waals surface area contributed by atoms with Crippen molar-refractivity contribution in [2.45, 2.75) is 12.1 Å². The Morgan fingerprint density at radius 3 is 2.69 bits per heavy atom. The minimum absolute atomic E-state index is 0.0157. The van der Waals surface area contributed by atoms with E-state index >= 15 is 0 Å². The van der Waals surface area contributed by atoms with Crippen LogP contribution >= 0.6 is 7.52 Å². The molecule has 7 heteroatoms. The summed E-state index contributed by atoms with van der Waals surface area (Å²) in [6, 6.07) is 0.211. The van der Waals surface area contributed by atoms with Crippen LogP contribution in [0.5, 0.6) is 0 Å². The second-order valence-corrected chi connectivity index (χ2v) is 7.40. The summed E-state index contributed by atoms with van der Waals surface area (Å²) >= 11 is 0. The van der Waals surface area contributed by atoms with E-state index < -0.39 is 7.52 Å². The fraction of sp³-hybridized carbons (Fsp3) is 1.00.